The molecule has 4 unspecified atom stereocenters. The second kappa shape index (κ2) is 19.5. The standard InChI is InChI=1S/C24H31ClN2O2S.C18H28N2.C7H7Cl/c1-3-4-5-6-14-27-16-22-23(17-27)24(22,2)18-8-7-9-20(15-18)26-30(28,29)21-12-10-19(25)11-13-21;1-3-4-5-6-10-20-12-16-17(13-20)18(16,2)14-8-7-9-15(19)11-14;1-6-2-4-7(8)5-3-6/h7-13,15,22-23,26H,3-6,14,16-17H2,1-2H3;7-9,11,16-17H,3-6,10,12-13,19H2,1-2H3;2-5H,1H3. The highest BCUT2D eigenvalue weighted by atomic mass is 35.5. The summed E-state index contributed by atoms with van der Waals surface area (Å²) < 4.78 is 28.2. The largest absolute Gasteiger partial charge is 0.399 e. The Morgan fingerprint density at radius 1 is 0.638 bits per heavy atom. The summed E-state index contributed by atoms with van der Waals surface area (Å²) in [4.78, 5) is 5.50. The van der Waals surface area contributed by atoms with Gasteiger partial charge in [0, 0.05) is 58.4 Å². The number of hydrogen-bond donors (Lipinski definition) is 2. The molecule has 4 atom stereocenters. The van der Waals surface area contributed by atoms with Crippen molar-refractivity contribution in [2.24, 2.45) is 23.7 Å². The summed E-state index contributed by atoms with van der Waals surface area (Å²) in [5.74, 6) is 3.06. The van der Waals surface area contributed by atoms with Gasteiger partial charge in [-0.2, -0.15) is 0 Å². The molecule has 4 aliphatic rings. The molecule has 314 valence electrons. The lowest BCUT2D eigenvalue weighted by atomic mass is 9.92. The summed E-state index contributed by atoms with van der Waals surface area (Å²) in [5.41, 5.74) is 12.0. The fraction of sp³-hybridized carbons (Fsp3) is 0.510. The monoisotopic (exact) mass is 844 g/mol. The number of anilines is 2. The van der Waals surface area contributed by atoms with Gasteiger partial charge in [0.25, 0.3) is 10.0 Å². The quantitative estimate of drug-likeness (QED) is 0.0920. The zero-order chi connectivity index (χ0) is 41.5. The second-order valence-corrected chi connectivity index (χ2v) is 20.2. The average Bonchev–Trinajstić information content (AvgIpc) is 3.67. The van der Waals surface area contributed by atoms with Gasteiger partial charge in [-0.3, -0.25) is 4.72 Å². The molecule has 2 saturated heterocycles. The van der Waals surface area contributed by atoms with Gasteiger partial charge in [0.2, 0.25) is 0 Å². The molecule has 0 amide bonds. The third-order valence-corrected chi connectivity index (χ3v) is 15.6. The van der Waals surface area contributed by atoms with Crippen LogP contribution >= 0.6 is 23.2 Å². The maximum absolute atomic E-state index is 12.7. The van der Waals surface area contributed by atoms with E-state index in [1.54, 1.807) is 12.1 Å². The number of piperidine rings is 2. The molecule has 4 aromatic rings. The Morgan fingerprint density at radius 3 is 1.53 bits per heavy atom. The first-order chi connectivity index (χ1) is 27.8. The van der Waals surface area contributed by atoms with Crippen molar-refractivity contribution in [1.29, 1.82) is 0 Å². The predicted octanol–water partition coefficient (Wildman–Crippen LogP) is 11.9. The van der Waals surface area contributed by atoms with Crippen LogP contribution in [0.15, 0.2) is 102 Å². The Hall–Kier alpha value is -3.07. The van der Waals surface area contributed by atoms with Crippen molar-refractivity contribution >= 4 is 44.6 Å². The Bertz CT molecular complexity index is 2000. The highest BCUT2D eigenvalue weighted by Gasteiger charge is 2.66. The number of halogens is 2. The Morgan fingerprint density at radius 2 is 1.09 bits per heavy atom. The summed E-state index contributed by atoms with van der Waals surface area (Å²) in [6, 6.07) is 30.4. The fourth-order valence-electron chi connectivity index (χ4n) is 9.82. The van der Waals surface area contributed by atoms with Gasteiger partial charge in [0.1, 0.15) is 0 Å². The Kier molecular flexibility index (Phi) is 15.0. The first-order valence-electron chi connectivity index (χ1n) is 21.7. The molecule has 0 spiro atoms. The van der Waals surface area contributed by atoms with Gasteiger partial charge in [-0.25, -0.2) is 8.42 Å². The van der Waals surface area contributed by atoms with Gasteiger partial charge in [0.05, 0.1) is 4.90 Å². The van der Waals surface area contributed by atoms with E-state index in [1.807, 2.05) is 55.5 Å². The number of likely N-dealkylation sites (tertiary alicyclic amines) is 2. The minimum Gasteiger partial charge on any atom is -0.399 e. The molecule has 2 aliphatic heterocycles. The molecule has 9 heteroatoms. The van der Waals surface area contributed by atoms with E-state index in [9.17, 15) is 8.42 Å². The van der Waals surface area contributed by atoms with Crippen LogP contribution in [0.5, 0.6) is 0 Å². The van der Waals surface area contributed by atoms with Crippen molar-refractivity contribution in [3.8, 4) is 0 Å². The van der Waals surface area contributed by atoms with Crippen LogP contribution < -0.4 is 10.5 Å². The van der Waals surface area contributed by atoms with E-state index in [-0.39, 0.29) is 10.3 Å². The summed E-state index contributed by atoms with van der Waals surface area (Å²) in [5, 5.41) is 1.32. The summed E-state index contributed by atoms with van der Waals surface area (Å²) in [7, 11) is -3.63. The number of sulfonamides is 1. The van der Waals surface area contributed by atoms with Crippen LogP contribution in [0.1, 0.15) is 95.8 Å². The number of hydrogen-bond acceptors (Lipinski definition) is 5. The van der Waals surface area contributed by atoms with Gasteiger partial charge < -0.3 is 15.5 Å². The van der Waals surface area contributed by atoms with E-state index in [2.05, 4.69) is 66.5 Å². The molecule has 8 rings (SSSR count). The van der Waals surface area contributed by atoms with E-state index in [0.717, 1.165) is 35.6 Å². The molecule has 0 bridgehead atoms. The number of rotatable bonds is 15. The third-order valence-electron chi connectivity index (χ3n) is 13.7. The SMILES string of the molecule is CCCCCCN1CC2C(C1)C2(C)c1cccc(N)c1.CCCCCCN1CC2C(C1)C2(C)c1cccc(NS(=O)(=O)c2ccc(Cl)cc2)c1.Cc1ccc(Cl)cc1. The van der Waals surface area contributed by atoms with Crippen LogP contribution in [0.2, 0.25) is 10.0 Å². The second-order valence-electron chi connectivity index (χ2n) is 17.7. The Balaban J connectivity index is 0.000000173. The average molecular weight is 846 g/mol. The summed E-state index contributed by atoms with van der Waals surface area (Å²) in [6.45, 7) is 18.8. The Labute approximate surface area is 359 Å². The number of nitrogen functional groups attached to an aromatic ring is 1. The zero-order valence-electron chi connectivity index (χ0n) is 35.4. The van der Waals surface area contributed by atoms with Crippen molar-refractivity contribution in [3.05, 3.63) is 124 Å². The lowest BCUT2D eigenvalue weighted by molar-refractivity contribution is 0.271. The smallest absolute Gasteiger partial charge is 0.261 e. The first-order valence-corrected chi connectivity index (χ1v) is 23.9. The molecular weight excluding hydrogens is 780 g/mol. The summed E-state index contributed by atoms with van der Waals surface area (Å²) in [6.07, 6.45) is 10.7. The number of benzene rings is 4. The van der Waals surface area contributed by atoms with Crippen LogP contribution in [-0.4, -0.2) is 57.5 Å². The fourth-order valence-corrected chi connectivity index (χ4v) is 11.1. The van der Waals surface area contributed by atoms with E-state index < -0.39 is 10.0 Å². The minimum absolute atomic E-state index is 0.154. The number of aryl methyl sites for hydroxylation is 1. The normalized spacial score (nSPS) is 25.8. The lowest BCUT2D eigenvalue weighted by Crippen LogP contribution is -2.30. The van der Waals surface area contributed by atoms with E-state index in [0.29, 0.717) is 28.0 Å². The molecule has 6 nitrogen and oxygen atoms in total. The van der Waals surface area contributed by atoms with Gasteiger partial charge in [-0.1, -0.05) is 131 Å². The molecule has 3 N–H and O–H groups in total. The van der Waals surface area contributed by atoms with Crippen molar-refractivity contribution in [2.75, 3.05) is 49.7 Å². The molecule has 4 aromatic carbocycles. The topological polar surface area (TPSA) is 78.7 Å². The van der Waals surface area contributed by atoms with Gasteiger partial charge in [-0.15, -0.1) is 0 Å². The minimum atomic E-state index is -3.63. The lowest BCUT2D eigenvalue weighted by Gasteiger charge is -2.24. The van der Waals surface area contributed by atoms with Crippen molar-refractivity contribution < 1.29 is 8.42 Å². The molecule has 4 fully saturated rings. The molecular formula is C49H66Cl2N4O2S. The molecule has 0 radical (unpaired) electrons. The maximum Gasteiger partial charge on any atom is 0.261 e. The van der Waals surface area contributed by atoms with Crippen LogP contribution in [0.25, 0.3) is 0 Å². The van der Waals surface area contributed by atoms with Crippen LogP contribution in [0, 0.1) is 30.6 Å². The molecule has 2 heterocycles. The third kappa shape index (κ3) is 10.6. The predicted molar refractivity (Wildman–Crippen MR) is 246 cm³/mol. The van der Waals surface area contributed by atoms with Crippen molar-refractivity contribution in [2.45, 2.75) is 102 Å². The molecule has 2 aliphatic carbocycles. The van der Waals surface area contributed by atoms with Crippen LogP contribution in [0.4, 0.5) is 11.4 Å². The number of unbranched alkanes of at least 4 members (excludes halogenated alkanes) is 6. The molecule has 2 saturated carbocycles. The first kappa shape index (κ1) is 44.5. The number of nitrogens with two attached hydrogens (primary N) is 1. The van der Waals surface area contributed by atoms with Crippen molar-refractivity contribution in [1.82, 2.24) is 9.80 Å². The van der Waals surface area contributed by atoms with Gasteiger partial charge in [0.15, 0.2) is 0 Å². The highest BCUT2D eigenvalue weighted by molar-refractivity contribution is 7.92. The van der Waals surface area contributed by atoms with Gasteiger partial charge >= 0.3 is 0 Å². The van der Waals surface area contributed by atoms with E-state index >= 15 is 0 Å². The molecule has 58 heavy (non-hydrogen) atoms. The van der Waals surface area contributed by atoms with E-state index in [4.69, 9.17) is 28.9 Å². The number of fused-ring (bicyclic) bond motifs is 2. The molecule has 0 aromatic heterocycles. The van der Waals surface area contributed by atoms with Crippen LogP contribution in [-0.2, 0) is 20.9 Å². The van der Waals surface area contributed by atoms with Crippen molar-refractivity contribution in [3.63, 3.8) is 0 Å². The number of nitrogens with zero attached hydrogens (tertiary/aromatic N) is 2. The van der Waals surface area contributed by atoms with E-state index in [1.165, 1.54) is 106 Å². The van der Waals surface area contributed by atoms with Crippen LogP contribution in [0.3, 0.4) is 0 Å². The highest BCUT2D eigenvalue weighted by Crippen LogP contribution is 2.64. The summed E-state index contributed by atoms with van der Waals surface area (Å²) >= 11 is 11.5. The van der Waals surface area contributed by atoms with Gasteiger partial charge in [-0.05, 0) is 128 Å². The number of nitrogens with one attached hydrogen (secondary N) is 1. The zero-order valence-corrected chi connectivity index (χ0v) is 37.7. The maximum atomic E-state index is 12.7.